The summed E-state index contributed by atoms with van der Waals surface area (Å²) in [5.41, 5.74) is 3.72. The summed E-state index contributed by atoms with van der Waals surface area (Å²) in [7, 11) is 0. The lowest BCUT2D eigenvalue weighted by Crippen LogP contribution is -2.51. The molecule has 2 N–H and O–H groups in total. The molecule has 1 aliphatic rings. The molecule has 3 rings (SSSR count). The van der Waals surface area contributed by atoms with Gasteiger partial charge in [0.1, 0.15) is 24.1 Å². The van der Waals surface area contributed by atoms with Gasteiger partial charge in [0.05, 0.1) is 6.54 Å². The number of carboxylic acids is 1. The number of ether oxygens (including phenoxy) is 2. The molecule has 212 valence electrons. The second-order valence-corrected chi connectivity index (χ2v) is 11.8. The molecule has 0 aliphatic carbocycles. The maximum atomic E-state index is 12.5. The number of nitrogens with zero attached hydrogens (tertiary/aromatic N) is 6. The van der Waals surface area contributed by atoms with Crippen molar-refractivity contribution in [3.05, 3.63) is 6.33 Å². The van der Waals surface area contributed by atoms with Crippen molar-refractivity contribution in [3.63, 3.8) is 0 Å². The van der Waals surface area contributed by atoms with Gasteiger partial charge in [-0.2, -0.15) is 16.7 Å². The zero-order chi connectivity index (χ0) is 28.0. The van der Waals surface area contributed by atoms with Crippen molar-refractivity contribution < 1.29 is 24.2 Å². The van der Waals surface area contributed by atoms with Gasteiger partial charge in [-0.05, 0) is 52.0 Å². The third kappa shape index (κ3) is 7.62. The third-order valence-electron chi connectivity index (χ3n) is 5.88. The molecule has 2 atom stereocenters. The number of amides is 1. The van der Waals surface area contributed by atoms with Crippen molar-refractivity contribution in [3.8, 4) is 5.88 Å². The molecular formula is C25H41N7O5S. The summed E-state index contributed by atoms with van der Waals surface area (Å²) in [5.74, 6) is 0.933. The Morgan fingerprint density at radius 3 is 2.66 bits per heavy atom. The zero-order valence-corrected chi connectivity index (χ0v) is 24.2. The third-order valence-corrected chi connectivity index (χ3v) is 6.52. The number of hydrogen-bond donors (Lipinski definition) is 2. The summed E-state index contributed by atoms with van der Waals surface area (Å²) < 4.78 is 13.6. The Morgan fingerprint density at radius 1 is 1.32 bits per heavy atom. The summed E-state index contributed by atoms with van der Waals surface area (Å²) in [6, 6.07) is -0.759. The Hall–Kier alpha value is -2.80. The minimum absolute atomic E-state index is 0.238. The molecule has 2 aromatic heterocycles. The van der Waals surface area contributed by atoms with E-state index in [1.807, 2.05) is 38.5 Å². The molecule has 0 spiro atoms. The molecule has 3 heterocycles. The second kappa shape index (κ2) is 12.8. The first-order valence-electron chi connectivity index (χ1n) is 13.0. The fourth-order valence-electron chi connectivity index (χ4n) is 4.19. The number of rotatable bonds is 12. The van der Waals surface area contributed by atoms with Crippen molar-refractivity contribution >= 4 is 40.9 Å². The molecule has 0 saturated carbocycles. The quantitative estimate of drug-likeness (QED) is 0.376. The minimum Gasteiger partial charge on any atom is -0.480 e. The highest BCUT2D eigenvalue weighted by atomic mass is 32.2. The van der Waals surface area contributed by atoms with Crippen molar-refractivity contribution in [2.75, 3.05) is 36.7 Å². The molecule has 1 saturated heterocycles. The van der Waals surface area contributed by atoms with Gasteiger partial charge in [-0.25, -0.2) is 20.2 Å². The lowest BCUT2D eigenvalue weighted by Gasteiger charge is -2.29. The standard InChI is InChI=1S/C25H41N7O5S/c1-8-31-20-19(28-23(31)32(13-16(2)3)29-18(22(33)34)10-12-38-7)21(27-15-26-20)36-17-9-11-30(14-17)24(35)37-25(4,5)6/h15-18,29H,8-14H2,1-7H3,(H,33,34)/t17?,18-/m0/s1. The zero-order valence-electron chi connectivity index (χ0n) is 23.4. The average Bonchev–Trinajstić information content (AvgIpc) is 3.44. The highest BCUT2D eigenvalue weighted by molar-refractivity contribution is 7.98. The summed E-state index contributed by atoms with van der Waals surface area (Å²) in [4.78, 5) is 39.8. The lowest BCUT2D eigenvalue weighted by atomic mass is 10.2. The Balaban J connectivity index is 1.88. The molecule has 2 aromatic rings. The average molecular weight is 552 g/mol. The van der Waals surface area contributed by atoms with E-state index < -0.39 is 17.6 Å². The predicted molar refractivity (Wildman–Crippen MR) is 148 cm³/mol. The van der Waals surface area contributed by atoms with E-state index in [4.69, 9.17) is 14.5 Å². The fourth-order valence-corrected chi connectivity index (χ4v) is 4.66. The van der Waals surface area contributed by atoms with E-state index in [9.17, 15) is 14.7 Å². The second-order valence-electron chi connectivity index (χ2n) is 10.8. The molecule has 1 amide bonds. The summed E-state index contributed by atoms with van der Waals surface area (Å²) >= 11 is 1.61. The van der Waals surface area contributed by atoms with Crippen LogP contribution in [0.25, 0.3) is 11.2 Å². The Morgan fingerprint density at radius 2 is 2.05 bits per heavy atom. The van der Waals surface area contributed by atoms with E-state index in [1.165, 1.54) is 6.33 Å². The van der Waals surface area contributed by atoms with Crippen LogP contribution in [0.3, 0.4) is 0 Å². The molecule has 13 heteroatoms. The first-order chi connectivity index (χ1) is 17.9. The molecule has 38 heavy (non-hydrogen) atoms. The van der Waals surface area contributed by atoms with Gasteiger partial charge in [0.2, 0.25) is 11.8 Å². The van der Waals surface area contributed by atoms with Gasteiger partial charge in [0, 0.05) is 26.1 Å². The Bertz CT molecular complexity index is 1100. The van der Waals surface area contributed by atoms with Crippen LogP contribution in [0.4, 0.5) is 10.7 Å². The molecular weight excluding hydrogens is 510 g/mol. The number of thioether (sulfide) groups is 1. The van der Waals surface area contributed by atoms with Crippen LogP contribution in [-0.2, 0) is 16.1 Å². The van der Waals surface area contributed by atoms with Gasteiger partial charge in [0.15, 0.2) is 11.2 Å². The molecule has 1 unspecified atom stereocenters. The fraction of sp³-hybridized carbons (Fsp3) is 0.720. The predicted octanol–water partition coefficient (Wildman–Crippen LogP) is 3.41. The van der Waals surface area contributed by atoms with E-state index in [1.54, 1.807) is 21.7 Å². The van der Waals surface area contributed by atoms with E-state index in [-0.39, 0.29) is 18.1 Å². The van der Waals surface area contributed by atoms with Gasteiger partial charge >= 0.3 is 12.1 Å². The van der Waals surface area contributed by atoms with Gasteiger partial charge < -0.3 is 19.5 Å². The number of aliphatic carboxylic acids is 1. The van der Waals surface area contributed by atoms with Crippen molar-refractivity contribution in [2.45, 2.75) is 78.7 Å². The Kier molecular flexibility index (Phi) is 10.0. The number of carbonyl (C=O) groups excluding carboxylic acids is 1. The molecule has 12 nitrogen and oxygen atoms in total. The highest BCUT2D eigenvalue weighted by Gasteiger charge is 2.32. The number of carbonyl (C=O) groups is 2. The summed E-state index contributed by atoms with van der Waals surface area (Å²) in [5, 5.41) is 11.6. The molecule has 1 fully saturated rings. The number of carboxylic acid groups (broad SMARTS) is 1. The SMILES string of the molecule is CCn1c(N(CC(C)C)N[C@@H](CCSC)C(=O)O)nc2c(OC3CCN(C(=O)OC(C)(C)C)C3)ncnc21. The van der Waals surface area contributed by atoms with Crippen LogP contribution in [0.2, 0.25) is 0 Å². The van der Waals surface area contributed by atoms with Gasteiger partial charge in [-0.3, -0.25) is 14.4 Å². The number of aromatic nitrogens is 4. The van der Waals surface area contributed by atoms with Crippen molar-refractivity contribution in [1.29, 1.82) is 0 Å². The number of likely N-dealkylation sites (tertiary alicyclic amines) is 1. The van der Waals surface area contributed by atoms with Crippen molar-refractivity contribution in [2.24, 2.45) is 5.92 Å². The Labute approximate surface area is 228 Å². The highest BCUT2D eigenvalue weighted by Crippen LogP contribution is 2.29. The van der Waals surface area contributed by atoms with E-state index >= 15 is 0 Å². The topological polar surface area (TPSA) is 135 Å². The van der Waals surface area contributed by atoms with E-state index in [2.05, 4.69) is 29.2 Å². The molecule has 1 aliphatic heterocycles. The normalized spacial score (nSPS) is 16.7. The van der Waals surface area contributed by atoms with Crippen LogP contribution >= 0.6 is 11.8 Å². The van der Waals surface area contributed by atoms with Gasteiger partial charge in [0.25, 0.3) is 0 Å². The molecule has 0 aromatic carbocycles. The van der Waals surface area contributed by atoms with Crippen LogP contribution < -0.4 is 15.2 Å². The number of hydrazine groups is 1. The van der Waals surface area contributed by atoms with Gasteiger partial charge in [-0.15, -0.1) is 0 Å². The minimum atomic E-state index is -0.911. The van der Waals surface area contributed by atoms with Crippen LogP contribution in [0, 0.1) is 5.92 Å². The molecule has 0 radical (unpaired) electrons. The maximum Gasteiger partial charge on any atom is 0.410 e. The lowest BCUT2D eigenvalue weighted by molar-refractivity contribution is -0.139. The number of hydrogen-bond acceptors (Lipinski definition) is 10. The van der Waals surface area contributed by atoms with Crippen LogP contribution in [0.15, 0.2) is 6.33 Å². The number of anilines is 1. The smallest absolute Gasteiger partial charge is 0.410 e. The maximum absolute atomic E-state index is 12.5. The number of imidazole rings is 1. The monoisotopic (exact) mass is 551 g/mol. The van der Waals surface area contributed by atoms with Crippen molar-refractivity contribution in [1.82, 2.24) is 29.8 Å². The van der Waals surface area contributed by atoms with E-state index in [0.29, 0.717) is 62.0 Å². The van der Waals surface area contributed by atoms with Crippen LogP contribution in [0.1, 0.15) is 54.4 Å². The molecule has 0 bridgehead atoms. The number of fused-ring (bicyclic) bond motifs is 1. The largest absolute Gasteiger partial charge is 0.480 e. The summed E-state index contributed by atoms with van der Waals surface area (Å²) in [6.07, 6.45) is 3.89. The van der Waals surface area contributed by atoms with Gasteiger partial charge in [-0.1, -0.05) is 13.8 Å². The first kappa shape index (κ1) is 29.8. The summed E-state index contributed by atoms with van der Waals surface area (Å²) in [6.45, 7) is 13.7. The van der Waals surface area contributed by atoms with E-state index in [0.717, 1.165) is 5.75 Å². The number of nitrogens with one attached hydrogen (secondary N) is 1. The number of aryl methyl sites for hydroxylation is 1. The van der Waals surface area contributed by atoms with Crippen LogP contribution in [-0.4, -0.2) is 91.0 Å². The van der Waals surface area contributed by atoms with Crippen LogP contribution in [0.5, 0.6) is 5.88 Å². The first-order valence-corrected chi connectivity index (χ1v) is 14.4.